The summed E-state index contributed by atoms with van der Waals surface area (Å²) in [5.74, 6) is -1.05. The van der Waals surface area contributed by atoms with Gasteiger partial charge in [-0.15, -0.1) is 0 Å². The van der Waals surface area contributed by atoms with Crippen LogP contribution >= 0.6 is 0 Å². The number of ether oxygens (including phenoxy) is 1. The number of nitrogens with one attached hydrogen (secondary N) is 1. The monoisotopic (exact) mass is 318 g/mol. The molecule has 1 heterocycles. The first kappa shape index (κ1) is 16.1. The topological polar surface area (TPSA) is 116 Å². The smallest absolute Gasteiger partial charge is 0.343 e. The number of hydrogen-bond acceptors (Lipinski definition) is 6. The minimum Gasteiger partial charge on any atom is -0.465 e. The highest BCUT2D eigenvalue weighted by Gasteiger charge is 2.21. The summed E-state index contributed by atoms with van der Waals surface area (Å²) in [6.07, 6.45) is 1.09. The fourth-order valence-electron chi connectivity index (χ4n) is 2.01. The van der Waals surface area contributed by atoms with E-state index in [9.17, 15) is 19.7 Å². The Morgan fingerprint density at radius 1 is 1.39 bits per heavy atom. The number of benzene rings is 1. The number of nitro groups is 1. The summed E-state index contributed by atoms with van der Waals surface area (Å²) in [7, 11) is 1.24. The molecule has 1 N–H and O–H groups in total. The van der Waals surface area contributed by atoms with Crippen LogP contribution in [-0.2, 0) is 16.1 Å². The number of carbonyl (C=O) groups is 2. The zero-order valence-electron chi connectivity index (χ0n) is 12.5. The van der Waals surface area contributed by atoms with E-state index < -0.39 is 16.8 Å². The number of amides is 1. The van der Waals surface area contributed by atoms with E-state index in [1.807, 2.05) is 0 Å². The van der Waals surface area contributed by atoms with E-state index in [0.29, 0.717) is 5.82 Å². The molecule has 1 amide bonds. The second-order valence-electron chi connectivity index (χ2n) is 4.59. The molecule has 0 fully saturated rings. The molecule has 1 aromatic carbocycles. The lowest BCUT2D eigenvalue weighted by Gasteiger charge is -2.09. The normalized spacial score (nSPS) is 10.2. The zero-order chi connectivity index (χ0) is 17.0. The van der Waals surface area contributed by atoms with Crippen LogP contribution in [0.25, 0.3) is 0 Å². The number of imidazole rings is 1. The maximum atomic E-state index is 12.1. The van der Waals surface area contributed by atoms with E-state index in [0.717, 1.165) is 6.20 Å². The average molecular weight is 318 g/mol. The number of methoxy groups -OCH3 is 1. The fourth-order valence-corrected chi connectivity index (χ4v) is 2.01. The molecule has 2 rings (SSSR count). The van der Waals surface area contributed by atoms with Gasteiger partial charge in [-0.25, -0.2) is 14.3 Å². The first-order valence-corrected chi connectivity index (χ1v) is 6.57. The molecule has 0 bridgehead atoms. The summed E-state index contributed by atoms with van der Waals surface area (Å²) in [4.78, 5) is 37.9. The third kappa shape index (κ3) is 3.51. The molecule has 0 saturated heterocycles. The van der Waals surface area contributed by atoms with Crippen molar-refractivity contribution in [3.8, 4) is 0 Å². The highest BCUT2D eigenvalue weighted by Crippen LogP contribution is 2.17. The highest BCUT2D eigenvalue weighted by molar-refractivity contribution is 6.01. The maximum Gasteiger partial charge on any atom is 0.343 e. The van der Waals surface area contributed by atoms with Gasteiger partial charge in [0.1, 0.15) is 6.20 Å². The Hall–Kier alpha value is -3.23. The molecule has 0 aliphatic rings. The van der Waals surface area contributed by atoms with Crippen molar-refractivity contribution in [3.63, 3.8) is 0 Å². The largest absolute Gasteiger partial charge is 0.465 e. The van der Waals surface area contributed by atoms with Gasteiger partial charge < -0.3 is 20.2 Å². The van der Waals surface area contributed by atoms with Crippen LogP contribution in [-0.4, -0.2) is 33.5 Å². The molecule has 1 aromatic heterocycles. The molecule has 0 unspecified atom stereocenters. The van der Waals surface area contributed by atoms with Crippen molar-refractivity contribution < 1.29 is 19.2 Å². The lowest BCUT2D eigenvalue weighted by molar-refractivity contribution is -0.392. The number of nitrogens with zero attached hydrogens (tertiary/aromatic N) is 3. The van der Waals surface area contributed by atoms with Crippen molar-refractivity contribution in [3.05, 3.63) is 52.0 Å². The fraction of sp³-hybridized carbons (Fsp3) is 0.214. The number of carbonyl (C=O) groups excluding carboxylic acids is 2. The molecule has 0 spiro atoms. The van der Waals surface area contributed by atoms with Crippen LogP contribution in [0.1, 0.15) is 16.2 Å². The Bertz CT molecular complexity index is 768. The predicted octanol–water partition coefficient (Wildman–Crippen LogP) is 1.53. The second kappa shape index (κ2) is 6.69. The third-order valence-corrected chi connectivity index (χ3v) is 3.13. The van der Waals surface area contributed by atoms with Crippen molar-refractivity contribution >= 4 is 23.4 Å². The van der Waals surface area contributed by atoms with E-state index in [-0.39, 0.29) is 23.6 Å². The zero-order valence-corrected chi connectivity index (χ0v) is 12.5. The first-order valence-electron chi connectivity index (χ1n) is 6.57. The van der Waals surface area contributed by atoms with Crippen LogP contribution in [0, 0.1) is 17.0 Å². The summed E-state index contributed by atoms with van der Waals surface area (Å²) in [6.45, 7) is 1.26. The third-order valence-electron chi connectivity index (χ3n) is 3.13. The predicted molar refractivity (Wildman–Crippen MR) is 80.0 cm³/mol. The van der Waals surface area contributed by atoms with Gasteiger partial charge in [0, 0.05) is 6.92 Å². The van der Waals surface area contributed by atoms with Gasteiger partial charge in [-0.1, -0.05) is 12.1 Å². The summed E-state index contributed by atoms with van der Waals surface area (Å²) in [5.41, 5.74) is 0.463. The van der Waals surface area contributed by atoms with Gasteiger partial charge in [-0.05, 0) is 17.1 Å². The van der Waals surface area contributed by atoms with Crippen molar-refractivity contribution in [2.75, 3.05) is 12.4 Å². The molecule has 0 aliphatic carbocycles. The number of aryl methyl sites for hydroxylation is 1. The van der Waals surface area contributed by atoms with Gasteiger partial charge in [-0.3, -0.25) is 4.79 Å². The number of para-hydroxylation sites is 1. The molecular formula is C14H14N4O5. The Morgan fingerprint density at radius 2 is 2.09 bits per heavy atom. The molecule has 120 valence electrons. The molecule has 0 radical (unpaired) electrons. The van der Waals surface area contributed by atoms with Crippen molar-refractivity contribution in [2.45, 2.75) is 13.5 Å². The van der Waals surface area contributed by atoms with Crippen LogP contribution < -0.4 is 5.32 Å². The molecule has 2 aromatic rings. The Labute approximate surface area is 131 Å². The molecule has 0 atom stereocenters. The number of rotatable bonds is 5. The molecular weight excluding hydrogens is 304 g/mol. The van der Waals surface area contributed by atoms with Crippen LogP contribution in [0.2, 0.25) is 0 Å². The Kier molecular flexibility index (Phi) is 4.69. The number of esters is 1. The molecule has 23 heavy (non-hydrogen) atoms. The molecule has 9 nitrogen and oxygen atoms in total. The SMILES string of the molecule is COC(=O)c1ccccc1NC(=O)Cn1c([N+](=O)[O-])cnc1C. The maximum absolute atomic E-state index is 12.1. The van der Waals surface area contributed by atoms with Crippen molar-refractivity contribution in [2.24, 2.45) is 0 Å². The van der Waals surface area contributed by atoms with Gasteiger partial charge in [-0.2, -0.15) is 0 Å². The first-order chi connectivity index (χ1) is 10.9. The lowest BCUT2D eigenvalue weighted by Crippen LogP contribution is -2.21. The lowest BCUT2D eigenvalue weighted by atomic mass is 10.2. The summed E-state index contributed by atoms with van der Waals surface area (Å²) in [6, 6.07) is 6.32. The van der Waals surface area contributed by atoms with E-state index in [1.54, 1.807) is 25.1 Å². The number of hydrogen-bond donors (Lipinski definition) is 1. The van der Waals surface area contributed by atoms with Crippen LogP contribution in [0.15, 0.2) is 30.5 Å². The standard InChI is InChI=1S/C14H14N4O5/c1-9-15-7-13(18(21)22)17(9)8-12(19)16-11-6-4-3-5-10(11)14(20)23-2/h3-7H,8H2,1-2H3,(H,16,19). The van der Waals surface area contributed by atoms with Crippen molar-refractivity contribution in [1.82, 2.24) is 9.55 Å². The minimum absolute atomic E-state index is 0.195. The second-order valence-corrected chi connectivity index (χ2v) is 4.59. The Balaban J connectivity index is 2.20. The minimum atomic E-state index is -0.615. The summed E-state index contributed by atoms with van der Waals surface area (Å²) in [5, 5.41) is 13.5. The summed E-state index contributed by atoms with van der Waals surface area (Å²) < 4.78 is 5.82. The van der Waals surface area contributed by atoms with Crippen LogP contribution in [0.4, 0.5) is 11.5 Å². The average Bonchev–Trinajstić information content (AvgIpc) is 2.88. The van der Waals surface area contributed by atoms with Gasteiger partial charge in [0.25, 0.3) is 5.91 Å². The summed E-state index contributed by atoms with van der Waals surface area (Å²) >= 11 is 0. The molecule has 0 saturated carbocycles. The Morgan fingerprint density at radius 3 is 2.74 bits per heavy atom. The van der Waals surface area contributed by atoms with Crippen LogP contribution in [0.5, 0.6) is 0 Å². The van der Waals surface area contributed by atoms with E-state index in [1.165, 1.54) is 17.7 Å². The molecule has 0 aliphatic heterocycles. The number of aromatic nitrogens is 2. The van der Waals surface area contributed by atoms with Gasteiger partial charge in [0.2, 0.25) is 0 Å². The van der Waals surface area contributed by atoms with Gasteiger partial charge in [0.15, 0.2) is 12.4 Å². The quantitative estimate of drug-likeness (QED) is 0.507. The van der Waals surface area contributed by atoms with Gasteiger partial charge >= 0.3 is 11.8 Å². The van der Waals surface area contributed by atoms with Gasteiger partial charge in [0.05, 0.1) is 18.4 Å². The number of anilines is 1. The van der Waals surface area contributed by atoms with Crippen molar-refractivity contribution in [1.29, 1.82) is 0 Å². The van der Waals surface area contributed by atoms with E-state index >= 15 is 0 Å². The van der Waals surface area contributed by atoms with E-state index in [2.05, 4.69) is 15.0 Å². The van der Waals surface area contributed by atoms with E-state index in [4.69, 9.17) is 0 Å². The molecule has 9 heteroatoms. The van der Waals surface area contributed by atoms with Crippen LogP contribution in [0.3, 0.4) is 0 Å². The highest BCUT2D eigenvalue weighted by atomic mass is 16.6.